The maximum Gasteiger partial charge on any atom is 0.309 e. The minimum Gasteiger partial charge on any atom is -0.489 e. The van der Waals surface area contributed by atoms with Crippen LogP contribution in [0.15, 0.2) is 30.3 Å². The van der Waals surface area contributed by atoms with E-state index in [1.165, 1.54) is 18.2 Å². The van der Waals surface area contributed by atoms with Crippen molar-refractivity contribution < 1.29 is 28.2 Å². The molecule has 0 spiro atoms. The van der Waals surface area contributed by atoms with Crippen LogP contribution in [0, 0.1) is 12.3 Å². The van der Waals surface area contributed by atoms with Gasteiger partial charge in [0.05, 0.1) is 22.7 Å². The third-order valence-electron chi connectivity index (χ3n) is 5.67. The first-order valence-corrected chi connectivity index (χ1v) is 11.3. The number of ether oxygens (including phenoxy) is 1. The molecule has 0 aliphatic heterocycles. The number of hydrogen-bond acceptors (Lipinski definition) is 5. The van der Waals surface area contributed by atoms with Crippen LogP contribution in [0.25, 0.3) is 10.9 Å². The van der Waals surface area contributed by atoms with E-state index < -0.39 is 28.9 Å². The molecule has 0 aliphatic rings. The van der Waals surface area contributed by atoms with Crippen LogP contribution in [-0.2, 0) is 17.3 Å². The summed E-state index contributed by atoms with van der Waals surface area (Å²) in [6.45, 7) is 9.96. The number of nitrogens with zero attached hydrogens (tertiary/aromatic N) is 3. The smallest absolute Gasteiger partial charge is 0.309 e. The second-order valence-corrected chi connectivity index (χ2v) is 9.53. The van der Waals surface area contributed by atoms with Crippen molar-refractivity contribution in [3.05, 3.63) is 47.4 Å². The summed E-state index contributed by atoms with van der Waals surface area (Å²) in [5.74, 6) is -4.35. The number of aryl methyl sites for hydroxylation is 2. The number of nitrogens with one attached hydrogen (secondary N) is 1. The number of halogens is 2. The fourth-order valence-electron chi connectivity index (χ4n) is 3.44. The second kappa shape index (κ2) is 9.59. The van der Waals surface area contributed by atoms with E-state index in [1.807, 2.05) is 20.8 Å². The Morgan fingerprint density at radius 1 is 1.20 bits per heavy atom. The highest BCUT2D eigenvalue weighted by Gasteiger charge is 2.28. The number of aromatic nitrogens is 3. The van der Waals surface area contributed by atoms with Gasteiger partial charge in [-0.05, 0) is 59.2 Å². The van der Waals surface area contributed by atoms with Crippen LogP contribution >= 0.6 is 0 Å². The van der Waals surface area contributed by atoms with E-state index >= 15 is 0 Å². The Balaban J connectivity index is 1.97. The number of pyridine rings is 1. The number of alkyl halides is 2. The first-order chi connectivity index (χ1) is 16.2. The third-order valence-corrected chi connectivity index (χ3v) is 5.67. The average molecular weight is 489 g/mol. The summed E-state index contributed by atoms with van der Waals surface area (Å²) in [6, 6.07) is 7.29. The van der Waals surface area contributed by atoms with E-state index in [0.717, 1.165) is 18.0 Å². The van der Waals surface area contributed by atoms with Crippen LogP contribution in [0.3, 0.4) is 0 Å². The minimum atomic E-state index is -3.18. The van der Waals surface area contributed by atoms with Gasteiger partial charge in [0, 0.05) is 30.6 Å². The molecule has 0 aliphatic carbocycles. The molecule has 1 amide bonds. The first-order valence-electron chi connectivity index (χ1n) is 11.3. The van der Waals surface area contributed by atoms with Gasteiger partial charge in [0.2, 0.25) is 0 Å². The maximum absolute atomic E-state index is 13.7. The number of fused-ring (bicyclic) bond motifs is 1. The van der Waals surface area contributed by atoms with Crippen molar-refractivity contribution >= 4 is 28.5 Å². The molecular weight excluding hydrogens is 458 g/mol. The van der Waals surface area contributed by atoms with Crippen LogP contribution in [0.1, 0.15) is 62.9 Å². The number of hydrogen-bond donors (Lipinski definition) is 2. The largest absolute Gasteiger partial charge is 0.489 e. The summed E-state index contributed by atoms with van der Waals surface area (Å²) in [6.07, 6.45) is 0.170. The SMILES string of the molecule is Cc1c2cc(NC(=O)c3cccc(C(C)(F)F)n3)c(OC(C)C)cc2nn1CCC(C)(C)C(=O)O. The molecule has 3 aromatic rings. The molecule has 0 unspecified atom stereocenters. The van der Waals surface area contributed by atoms with Gasteiger partial charge in [0.15, 0.2) is 0 Å². The molecule has 0 saturated heterocycles. The fraction of sp³-hybridized carbons (Fsp3) is 0.440. The quantitative estimate of drug-likeness (QED) is 0.418. The summed E-state index contributed by atoms with van der Waals surface area (Å²) in [7, 11) is 0. The number of rotatable bonds is 9. The molecule has 3 rings (SSSR count). The molecule has 188 valence electrons. The van der Waals surface area contributed by atoms with E-state index in [2.05, 4.69) is 15.4 Å². The van der Waals surface area contributed by atoms with Gasteiger partial charge in [0.1, 0.15) is 17.1 Å². The zero-order valence-corrected chi connectivity index (χ0v) is 20.6. The molecule has 2 N–H and O–H groups in total. The van der Waals surface area contributed by atoms with Gasteiger partial charge in [-0.1, -0.05) is 6.07 Å². The monoisotopic (exact) mass is 488 g/mol. The number of carboxylic acids is 1. The number of carbonyl (C=O) groups is 2. The Labute approximate surface area is 202 Å². The van der Waals surface area contributed by atoms with Gasteiger partial charge in [-0.25, -0.2) is 4.98 Å². The molecule has 35 heavy (non-hydrogen) atoms. The van der Waals surface area contributed by atoms with Gasteiger partial charge >= 0.3 is 5.97 Å². The van der Waals surface area contributed by atoms with E-state index in [0.29, 0.717) is 29.9 Å². The molecule has 0 saturated carbocycles. The molecule has 0 atom stereocenters. The molecule has 0 fully saturated rings. The Hall–Kier alpha value is -3.56. The zero-order valence-electron chi connectivity index (χ0n) is 20.6. The minimum absolute atomic E-state index is 0.150. The van der Waals surface area contributed by atoms with Gasteiger partial charge in [-0.15, -0.1) is 0 Å². The van der Waals surface area contributed by atoms with Gasteiger partial charge in [0.25, 0.3) is 11.8 Å². The summed E-state index contributed by atoms with van der Waals surface area (Å²) in [4.78, 5) is 28.1. The number of carboxylic acid groups (broad SMARTS) is 1. The highest BCUT2D eigenvalue weighted by atomic mass is 19.3. The summed E-state index contributed by atoms with van der Waals surface area (Å²) in [5.41, 5.74) is 0.198. The van der Waals surface area contributed by atoms with Crippen LogP contribution in [0.2, 0.25) is 0 Å². The number of aliphatic carboxylic acids is 1. The van der Waals surface area contributed by atoms with Crippen LogP contribution in [-0.4, -0.2) is 37.9 Å². The third kappa shape index (κ3) is 5.93. The molecule has 10 heteroatoms. The summed E-state index contributed by atoms with van der Waals surface area (Å²) in [5, 5.41) is 17.5. The highest BCUT2D eigenvalue weighted by molar-refractivity contribution is 6.05. The van der Waals surface area contributed by atoms with Crippen molar-refractivity contribution in [2.75, 3.05) is 5.32 Å². The number of benzene rings is 1. The normalized spacial score (nSPS) is 12.3. The van der Waals surface area contributed by atoms with Crippen molar-refractivity contribution in [1.29, 1.82) is 0 Å². The van der Waals surface area contributed by atoms with Crippen molar-refractivity contribution in [1.82, 2.24) is 14.8 Å². The molecular formula is C25H30F2N4O4. The summed E-state index contributed by atoms with van der Waals surface area (Å²) < 4.78 is 35.0. The zero-order chi connectivity index (χ0) is 26.1. The van der Waals surface area contributed by atoms with Crippen molar-refractivity contribution in [3.63, 3.8) is 0 Å². The number of anilines is 1. The van der Waals surface area contributed by atoms with Crippen LogP contribution in [0.5, 0.6) is 5.75 Å². The Bertz CT molecular complexity index is 1260. The Morgan fingerprint density at radius 2 is 1.89 bits per heavy atom. The predicted molar refractivity (Wildman–Crippen MR) is 128 cm³/mol. The average Bonchev–Trinajstić information content (AvgIpc) is 3.06. The van der Waals surface area contributed by atoms with Crippen molar-refractivity contribution in [2.45, 2.75) is 66.5 Å². The molecule has 2 heterocycles. The highest BCUT2D eigenvalue weighted by Crippen LogP contribution is 2.34. The van der Waals surface area contributed by atoms with Crippen LogP contribution in [0.4, 0.5) is 14.5 Å². The lowest BCUT2D eigenvalue weighted by Crippen LogP contribution is -2.25. The lowest BCUT2D eigenvalue weighted by Gasteiger charge is -2.19. The topological polar surface area (TPSA) is 106 Å². The van der Waals surface area contributed by atoms with E-state index in [9.17, 15) is 23.5 Å². The van der Waals surface area contributed by atoms with Gasteiger partial charge in [-0.3, -0.25) is 14.3 Å². The maximum atomic E-state index is 13.7. The Kier molecular flexibility index (Phi) is 7.14. The molecule has 2 aromatic heterocycles. The molecule has 0 radical (unpaired) electrons. The Morgan fingerprint density at radius 3 is 2.49 bits per heavy atom. The lowest BCUT2D eigenvalue weighted by atomic mass is 9.90. The van der Waals surface area contributed by atoms with Crippen molar-refractivity contribution in [2.24, 2.45) is 5.41 Å². The molecule has 0 bridgehead atoms. The molecule has 1 aromatic carbocycles. The predicted octanol–water partition coefficient (Wildman–Crippen LogP) is 5.39. The van der Waals surface area contributed by atoms with Gasteiger partial charge in [-0.2, -0.15) is 13.9 Å². The summed E-state index contributed by atoms with van der Waals surface area (Å²) >= 11 is 0. The van der Waals surface area contributed by atoms with E-state index in [-0.39, 0.29) is 11.8 Å². The first kappa shape index (κ1) is 26.1. The second-order valence-electron chi connectivity index (χ2n) is 9.53. The van der Waals surface area contributed by atoms with E-state index in [4.69, 9.17) is 4.74 Å². The number of carbonyl (C=O) groups excluding carboxylic acids is 1. The fourth-order valence-corrected chi connectivity index (χ4v) is 3.44. The lowest BCUT2D eigenvalue weighted by molar-refractivity contribution is -0.147. The van der Waals surface area contributed by atoms with E-state index in [1.54, 1.807) is 30.7 Å². The number of amides is 1. The molecule has 8 nitrogen and oxygen atoms in total. The van der Waals surface area contributed by atoms with Crippen molar-refractivity contribution in [3.8, 4) is 5.75 Å². The standard InChI is InChI=1S/C25H30F2N4O4/c1-14(2)35-20-13-18-16(15(3)31(30-18)11-10-24(4,5)23(33)34)12-19(20)29-22(32)17-8-7-9-21(28-17)25(6,26)27/h7-9,12-14H,10-11H2,1-6H3,(H,29,32)(H,33,34). The van der Waals surface area contributed by atoms with Crippen LogP contribution < -0.4 is 10.1 Å². The van der Waals surface area contributed by atoms with Gasteiger partial charge < -0.3 is 15.2 Å².